The van der Waals surface area contributed by atoms with Crippen molar-refractivity contribution >= 4 is 22.9 Å². The van der Waals surface area contributed by atoms with Crippen molar-refractivity contribution in [1.82, 2.24) is 19.9 Å². The monoisotopic (exact) mass is 235 g/mol. The van der Waals surface area contributed by atoms with E-state index >= 15 is 0 Å². The fourth-order valence-electron chi connectivity index (χ4n) is 1.27. The molecule has 0 aliphatic rings. The smallest absolute Gasteiger partial charge is 0.280 e. The molecule has 0 aromatic carbocycles. The largest absolute Gasteiger partial charge is 0.385 e. The molecule has 0 saturated heterocycles. The fraction of sp³-hybridized carbons (Fsp3) is 0.222. The van der Waals surface area contributed by atoms with Crippen LogP contribution in [0.2, 0.25) is 0 Å². The molecule has 2 rings (SSSR count). The number of nitrogens with two attached hydrogens (primary N) is 1. The van der Waals surface area contributed by atoms with Crippen molar-refractivity contribution in [3.05, 3.63) is 22.2 Å². The van der Waals surface area contributed by atoms with Crippen molar-refractivity contribution in [3.63, 3.8) is 0 Å². The van der Waals surface area contributed by atoms with Gasteiger partial charge in [0.15, 0.2) is 11.2 Å². The Morgan fingerprint density at radius 1 is 1.53 bits per heavy atom. The number of aliphatic hydroxyl groups is 1. The van der Waals surface area contributed by atoms with Gasteiger partial charge in [-0.2, -0.15) is 4.98 Å². The van der Waals surface area contributed by atoms with Crippen LogP contribution in [0.1, 0.15) is 17.4 Å². The Morgan fingerprint density at radius 3 is 2.88 bits per heavy atom. The van der Waals surface area contributed by atoms with Gasteiger partial charge in [-0.1, -0.05) is 0 Å². The lowest BCUT2D eigenvalue weighted by Crippen LogP contribution is -2.20. The molecule has 0 amide bonds. The summed E-state index contributed by atoms with van der Waals surface area (Å²) in [7, 11) is 0. The number of fused-ring (bicyclic) bond motifs is 1. The summed E-state index contributed by atoms with van der Waals surface area (Å²) in [6, 6.07) is 0. The Kier molecular flexibility index (Phi) is 2.56. The minimum absolute atomic E-state index is 0.0494. The number of carbonyl (C=O) groups excluding carboxylic acids is 1. The van der Waals surface area contributed by atoms with Gasteiger partial charge in [0.2, 0.25) is 11.7 Å². The third kappa shape index (κ3) is 1.97. The first-order valence-electron chi connectivity index (χ1n) is 4.74. The first-order chi connectivity index (χ1) is 7.99. The van der Waals surface area contributed by atoms with Crippen LogP contribution >= 0.6 is 0 Å². The van der Waals surface area contributed by atoms with E-state index in [2.05, 4.69) is 19.9 Å². The van der Waals surface area contributed by atoms with Crippen molar-refractivity contribution in [2.45, 2.75) is 13.0 Å². The van der Waals surface area contributed by atoms with Gasteiger partial charge < -0.3 is 10.8 Å². The highest BCUT2D eigenvalue weighted by molar-refractivity contribution is 5.98. The number of rotatable bonds is 2. The number of nitrogens with zero attached hydrogens (tertiary/aromatic N) is 3. The molecule has 0 radical (unpaired) electrons. The van der Waals surface area contributed by atoms with Gasteiger partial charge in [0.1, 0.15) is 11.8 Å². The second-order valence-corrected chi connectivity index (χ2v) is 3.42. The number of aromatic nitrogens is 4. The van der Waals surface area contributed by atoms with E-state index in [-0.39, 0.29) is 22.8 Å². The zero-order chi connectivity index (χ0) is 12.6. The topological polar surface area (TPSA) is 135 Å². The molecular formula is C9H9N5O3. The van der Waals surface area contributed by atoms with Crippen molar-refractivity contribution in [2.24, 2.45) is 0 Å². The lowest BCUT2D eigenvalue weighted by atomic mass is 10.2. The van der Waals surface area contributed by atoms with E-state index in [4.69, 9.17) is 10.8 Å². The summed E-state index contributed by atoms with van der Waals surface area (Å²) < 4.78 is 0. The molecule has 2 aromatic rings. The summed E-state index contributed by atoms with van der Waals surface area (Å²) in [4.78, 5) is 36.6. The molecular weight excluding hydrogens is 226 g/mol. The van der Waals surface area contributed by atoms with Gasteiger partial charge in [0.05, 0.1) is 6.20 Å². The van der Waals surface area contributed by atoms with Crippen LogP contribution in [0.4, 0.5) is 5.95 Å². The summed E-state index contributed by atoms with van der Waals surface area (Å²) in [6.45, 7) is 1.31. The lowest BCUT2D eigenvalue weighted by molar-refractivity contribution is 0.0774. The molecule has 0 fully saturated rings. The van der Waals surface area contributed by atoms with E-state index in [0.29, 0.717) is 0 Å². The number of aromatic amines is 1. The van der Waals surface area contributed by atoms with Crippen LogP contribution in [0.5, 0.6) is 0 Å². The fourth-order valence-corrected chi connectivity index (χ4v) is 1.27. The summed E-state index contributed by atoms with van der Waals surface area (Å²) in [5.41, 5.74) is 4.61. The molecule has 0 aliphatic carbocycles. The van der Waals surface area contributed by atoms with Crippen molar-refractivity contribution < 1.29 is 9.90 Å². The zero-order valence-corrected chi connectivity index (χ0v) is 8.84. The average Bonchev–Trinajstić information content (AvgIpc) is 2.27. The molecule has 17 heavy (non-hydrogen) atoms. The molecule has 88 valence electrons. The van der Waals surface area contributed by atoms with Crippen molar-refractivity contribution in [1.29, 1.82) is 0 Å². The van der Waals surface area contributed by atoms with Crippen LogP contribution in [-0.2, 0) is 0 Å². The standard InChI is InChI=1S/C9H9N5O3/c1-3(15)6(16)4-2-11-7-5(12-4)8(17)14-9(10)13-7/h2-3,15H,1H3,(H3,10,11,13,14,17)/t3-/m1/s1. The second kappa shape index (κ2) is 3.91. The van der Waals surface area contributed by atoms with Gasteiger partial charge in [-0.25, -0.2) is 9.97 Å². The Morgan fingerprint density at radius 2 is 2.24 bits per heavy atom. The number of anilines is 1. The first kappa shape index (κ1) is 11.1. The molecule has 0 unspecified atom stereocenters. The minimum atomic E-state index is -1.21. The number of Topliss-reactive ketones (excluding diaryl/α,β-unsaturated/α-hetero) is 1. The highest BCUT2D eigenvalue weighted by Crippen LogP contribution is 2.05. The van der Waals surface area contributed by atoms with Crippen LogP contribution in [0, 0.1) is 0 Å². The number of ketones is 1. The Labute approximate surface area is 94.5 Å². The number of hydrogen-bond donors (Lipinski definition) is 3. The summed E-state index contributed by atoms with van der Waals surface area (Å²) >= 11 is 0. The van der Waals surface area contributed by atoms with Crippen LogP contribution in [-0.4, -0.2) is 36.9 Å². The summed E-state index contributed by atoms with van der Waals surface area (Å²) in [5, 5.41) is 9.12. The molecule has 0 bridgehead atoms. The molecule has 0 spiro atoms. The number of aliphatic hydroxyl groups excluding tert-OH is 1. The van der Waals surface area contributed by atoms with Gasteiger partial charge in [-0.15, -0.1) is 0 Å². The lowest BCUT2D eigenvalue weighted by Gasteiger charge is -2.03. The van der Waals surface area contributed by atoms with Crippen LogP contribution in [0.3, 0.4) is 0 Å². The SMILES string of the molecule is C[C@@H](O)C(=O)c1cnc2nc(N)[nH]c(=O)c2n1. The quantitative estimate of drug-likeness (QED) is 0.560. The van der Waals surface area contributed by atoms with Crippen LogP contribution in [0.15, 0.2) is 11.0 Å². The van der Waals surface area contributed by atoms with E-state index in [0.717, 1.165) is 6.20 Å². The summed E-state index contributed by atoms with van der Waals surface area (Å²) in [6.07, 6.45) is -0.0638. The van der Waals surface area contributed by atoms with Gasteiger partial charge in [0.25, 0.3) is 5.56 Å². The van der Waals surface area contributed by atoms with E-state index < -0.39 is 17.4 Å². The number of hydrogen-bond acceptors (Lipinski definition) is 7. The minimum Gasteiger partial charge on any atom is -0.385 e. The van der Waals surface area contributed by atoms with Gasteiger partial charge in [-0.05, 0) is 6.92 Å². The molecule has 0 aliphatic heterocycles. The summed E-state index contributed by atoms with van der Waals surface area (Å²) in [5.74, 6) is -0.693. The van der Waals surface area contributed by atoms with E-state index in [9.17, 15) is 9.59 Å². The first-order valence-corrected chi connectivity index (χ1v) is 4.74. The normalized spacial score (nSPS) is 12.6. The predicted octanol–water partition coefficient (Wildman–Crippen LogP) is -1.14. The van der Waals surface area contributed by atoms with Crippen molar-refractivity contribution in [2.75, 3.05) is 5.73 Å². The Bertz CT molecular complexity index is 649. The molecule has 8 heteroatoms. The van der Waals surface area contributed by atoms with Crippen LogP contribution in [0.25, 0.3) is 11.2 Å². The highest BCUT2D eigenvalue weighted by atomic mass is 16.3. The Balaban J connectivity index is 2.66. The van der Waals surface area contributed by atoms with Gasteiger partial charge >= 0.3 is 0 Å². The average molecular weight is 235 g/mol. The van der Waals surface area contributed by atoms with E-state index in [1.807, 2.05) is 0 Å². The molecule has 0 saturated carbocycles. The maximum absolute atomic E-state index is 11.5. The van der Waals surface area contributed by atoms with Crippen molar-refractivity contribution in [3.8, 4) is 0 Å². The molecule has 8 nitrogen and oxygen atoms in total. The molecule has 4 N–H and O–H groups in total. The maximum Gasteiger partial charge on any atom is 0.280 e. The zero-order valence-electron chi connectivity index (χ0n) is 8.84. The van der Waals surface area contributed by atoms with E-state index in [1.165, 1.54) is 6.92 Å². The maximum atomic E-state index is 11.5. The van der Waals surface area contributed by atoms with Gasteiger partial charge in [-0.3, -0.25) is 14.6 Å². The van der Waals surface area contributed by atoms with E-state index in [1.54, 1.807) is 0 Å². The number of nitrogen functional groups attached to an aromatic ring is 1. The predicted molar refractivity (Wildman–Crippen MR) is 58.4 cm³/mol. The number of H-pyrrole nitrogens is 1. The third-order valence-corrected chi connectivity index (χ3v) is 2.07. The number of carbonyl (C=O) groups is 1. The highest BCUT2D eigenvalue weighted by Gasteiger charge is 2.16. The van der Waals surface area contributed by atoms with Gasteiger partial charge in [0, 0.05) is 0 Å². The third-order valence-electron chi connectivity index (χ3n) is 2.07. The number of nitrogens with one attached hydrogen (secondary N) is 1. The van der Waals surface area contributed by atoms with Crippen LogP contribution < -0.4 is 11.3 Å². The molecule has 2 aromatic heterocycles. The molecule has 1 atom stereocenters. The molecule has 2 heterocycles. The second-order valence-electron chi connectivity index (χ2n) is 3.42. The Hall–Kier alpha value is -2.35.